The number of aliphatic hydroxyl groups is 1. The average molecular weight is 525 g/mol. The highest BCUT2D eigenvalue weighted by molar-refractivity contribution is 14.0. The number of methoxy groups -OCH3 is 1. The highest BCUT2D eigenvalue weighted by atomic mass is 127. The normalized spacial score (nSPS) is 12.4. The molecular weight excluding hydrogens is 499 g/mol. The molecule has 1 atom stereocenters. The van der Waals surface area contributed by atoms with E-state index in [0.717, 1.165) is 5.76 Å². The van der Waals surface area contributed by atoms with Gasteiger partial charge in [-0.15, -0.1) is 24.0 Å². The molecule has 10 heteroatoms. The minimum Gasteiger partial charge on any atom is -0.469 e. The van der Waals surface area contributed by atoms with Crippen molar-refractivity contribution in [2.45, 2.75) is 19.1 Å². The lowest BCUT2D eigenvalue weighted by Crippen LogP contribution is -2.40. The highest BCUT2D eigenvalue weighted by Gasteiger charge is 2.10. The lowest BCUT2D eigenvalue weighted by Gasteiger charge is -2.14. The van der Waals surface area contributed by atoms with Gasteiger partial charge in [-0.05, 0) is 29.8 Å². The van der Waals surface area contributed by atoms with E-state index in [4.69, 9.17) is 9.15 Å². The van der Waals surface area contributed by atoms with Gasteiger partial charge in [-0.3, -0.25) is 4.99 Å². The zero-order chi connectivity index (χ0) is 20.2. The summed E-state index contributed by atoms with van der Waals surface area (Å²) in [4.78, 5) is 4.37. The Morgan fingerprint density at radius 2 is 1.90 bits per heavy atom. The van der Waals surface area contributed by atoms with Crippen molar-refractivity contribution in [1.29, 1.82) is 0 Å². The second-order valence-corrected chi connectivity index (χ2v) is 5.83. The van der Waals surface area contributed by atoms with Crippen molar-refractivity contribution in [1.82, 2.24) is 10.6 Å². The number of nitrogens with zero attached hydrogens (tertiary/aromatic N) is 1. The molecule has 0 spiro atoms. The maximum absolute atomic E-state index is 12.2. The maximum atomic E-state index is 12.2. The van der Waals surface area contributed by atoms with Crippen molar-refractivity contribution in [3.8, 4) is 5.75 Å². The second kappa shape index (κ2) is 14.1. The third-order valence-corrected chi connectivity index (χ3v) is 3.75. The number of hydrogen-bond donors (Lipinski definition) is 3. The number of aliphatic hydroxyl groups excluding tert-OH is 1. The lowest BCUT2D eigenvalue weighted by molar-refractivity contribution is -0.0498. The molecule has 0 fully saturated rings. The monoisotopic (exact) mass is 525 g/mol. The molecule has 3 N–H and O–H groups in total. The number of aliphatic imine (C=N–C) groups is 1. The van der Waals surface area contributed by atoms with E-state index in [9.17, 15) is 13.9 Å². The molecule has 1 aromatic heterocycles. The Morgan fingerprint density at radius 3 is 2.52 bits per heavy atom. The number of alkyl halides is 2. The van der Waals surface area contributed by atoms with E-state index >= 15 is 0 Å². The van der Waals surface area contributed by atoms with Crippen LogP contribution in [0.2, 0.25) is 0 Å². The van der Waals surface area contributed by atoms with E-state index < -0.39 is 12.7 Å². The Bertz CT molecular complexity index is 700. The molecule has 29 heavy (non-hydrogen) atoms. The van der Waals surface area contributed by atoms with E-state index in [1.165, 1.54) is 24.3 Å². The van der Waals surface area contributed by atoms with Crippen molar-refractivity contribution in [3.05, 3.63) is 54.0 Å². The van der Waals surface area contributed by atoms with Crippen molar-refractivity contribution in [2.75, 3.05) is 33.4 Å². The van der Waals surface area contributed by atoms with Gasteiger partial charge in [-0.1, -0.05) is 12.1 Å². The molecule has 0 saturated carbocycles. The van der Waals surface area contributed by atoms with Crippen molar-refractivity contribution in [2.24, 2.45) is 4.99 Å². The third-order valence-electron chi connectivity index (χ3n) is 3.75. The van der Waals surface area contributed by atoms with Crippen LogP contribution in [0, 0.1) is 0 Å². The van der Waals surface area contributed by atoms with Crippen LogP contribution in [0.15, 0.2) is 52.1 Å². The zero-order valence-corrected chi connectivity index (χ0v) is 18.3. The Morgan fingerprint density at radius 1 is 1.17 bits per heavy atom. The molecule has 1 unspecified atom stereocenters. The Hall–Kier alpha value is -1.92. The number of ether oxygens (including phenoxy) is 2. The van der Waals surface area contributed by atoms with Crippen molar-refractivity contribution in [3.63, 3.8) is 0 Å². The van der Waals surface area contributed by atoms with Crippen LogP contribution >= 0.6 is 24.0 Å². The van der Waals surface area contributed by atoms with Gasteiger partial charge in [0.2, 0.25) is 0 Å². The number of hydrogen-bond acceptors (Lipinski definition) is 5. The van der Waals surface area contributed by atoms with Crippen LogP contribution in [-0.2, 0) is 11.2 Å². The van der Waals surface area contributed by atoms with Crippen molar-refractivity contribution < 1.29 is 27.8 Å². The first-order valence-electron chi connectivity index (χ1n) is 8.85. The predicted molar refractivity (Wildman–Crippen MR) is 116 cm³/mol. The average Bonchev–Trinajstić information content (AvgIpc) is 3.19. The van der Waals surface area contributed by atoms with E-state index in [0.29, 0.717) is 37.6 Å². The first kappa shape index (κ1) is 25.1. The molecule has 1 aromatic carbocycles. The fourth-order valence-corrected chi connectivity index (χ4v) is 2.36. The van der Waals surface area contributed by atoms with Gasteiger partial charge in [-0.25, -0.2) is 0 Å². The summed E-state index contributed by atoms with van der Waals surface area (Å²) < 4.78 is 39.0. The number of nitrogens with one attached hydrogen (secondary N) is 2. The van der Waals surface area contributed by atoms with Crippen molar-refractivity contribution >= 4 is 29.9 Å². The maximum Gasteiger partial charge on any atom is 0.387 e. The Kier molecular flexibility index (Phi) is 12.2. The fourth-order valence-electron chi connectivity index (χ4n) is 2.36. The molecule has 0 saturated heterocycles. The topological polar surface area (TPSA) is 88.2 Å². The largest absolute Gasteiger partial charge is 0.469 e. The number of guanidine groups is 1. The SMILES string of the molecule is COCCNC(=NCC(O)c1ccc(OC(F)F)cc1)NCCc1ccco1.I. The summed E-state index contributed by atoms with van der Waals surface area (Å²) in [7, 11) is 1.61. The van der Waals surface area contributed by atoms with Crippen LogP contribution in [0.3, 0.4) is 0 Å². The molecule has 0 bridgehead atoms. The number of halogens is 3. The summed E-state index contributed by atoms with van der Waals surface area (Å²) in [6, 6.07) is 9.54. The molecule has 0 aliphatic carbocycles. The Balaban J connectivity index is 0.00000420. The summed E-state index contributed by atoms with van der Waals surface area (Å²) in [5.41, 5.74) is 0.553. The van der Waals surface area contributed by atoms with Gasteiger partial charge in [0.25, 0.3) is 0 Å². The Labute approximate surface area is 185 Å². The molecular formula is C19H26F2IN3O4. The molecule has 0 aliphatic rings. The van der Waals surface area contributed by atoms with Crippen LogP contribution < -0.4 is 15.4 Å². The molecule has 2 aromatic rings. The van der Waals surface area contributed by atoms with Gasteiger partial charge in [0.1, 0.15) is 11.5 Å². The van der Waals surface area contributed by atoms with Gasteiger partial charge in [0.05, 0.1) is 25.5 Å². The summed E-state index contributed by atoms with van der Waals surface area (Å²) in [5.74, 6) is 1.42. The predicted octanol–water partition coefficient (Wildman–Crippen LogP) is 2.96. The van der Waals surface area contributed by atoms with Crippen LogP contribution in [-0.4, -0.2) is 51.0 Å². The van der Waals surface area contributed by atoms with E-state index in [1.54, 1.807) is 13.4 Å². The van der Waals surface area contributed by atoms with Gasteiger partial charge in [0.15, 0.2) is 5.96 Å². The van der Waals surface area contributed by atoms with Crippen LogP contribution in [0.25, 0.3) is 0 Å². The molecule has 7 nitrogen and oxygen atoms in total. The van der Waals surface area contributed by atoms with E-state index in [1.807, 2.05) is 12.1 Å². The number of furan rings is 1. The smallest absolute Gasteiger partial charge is 0.387 e. The van der Waals surface area contributed by atoms with E-state index in [-0.39, 0.29) is 36.3 Å². The quantitative estimate of drug-likeness (QED) is 0.181. The third kappa shape index (κ3) is 9.90. The molecule has 0 amide bonds. The zero-order valence-electron chi connectivity index (χ0n) is 16.0. The highest BCUT2D eigenvalue weighted by Crippen LogP contribution is 2.19. The van der Waals surface area contributed by atoms with Gasteiger partial charge in [0, 0.05) is 26.6 Å². The summed E-state index contributed by atoms with van der Waals surface area (Å²) in [5, 5.41) is 16.6. The minimum atomic E-state index is -2.88. The number of rotatable bonds is 11. The van der Waals surface area contributed by atoms with Crippen LogP contribution in [0.5, 0.6) is 5.75 Å². The van der Waals surface area contributed by atoms with Gasteiger partial charge >= 0.3 is 6.61 Å². The summed E-state index contributed by atoms with van der Waals surface area (Å²) in [6.07, 6.45) is 1.42. The van der Waals surface area contributed by atoms with Crippen LogP contribution in [0.4, 0.5) is 8.78 Å². The molecule has 0 aliphatic heterocycles. The first-order valence-corrected chi connectivity index (χ1v) is 8.85. The lowest BCUT2D eigenvalue weighted by atomic mass is 10.1. The molecule has 1 heterocycles. The second-order valence-electron chi connectivity index (χ2n) is 5.83. The minimum absolute atomic E-state index is 0. The number of benzene rings is 1. The van der Waals surface area contributed by atoms with Crippen LogP contribution in [0.1, 0.15) is 17.4 Å². The molecule has 162 valence electrons. The molecule has 0 radical (unpaired) electrons. The van der Waals surface area contributed by atoms with Gasteiger partial charge < -0.3 is 29.6 Å². The standard InChI is InChI=1S/C19H25F2N3O4.HI/c1-26-12-10-23-19(22-9-8-15-3-2-11-27-15)24-13-17(25)14-4-6-16(7-5-14)28-18(20)21;/h2-7,11,17-18,25H,8-10,12-13H2,1H3,(H2,22,23,24);1H. The van der Waals surface area contributed by atoms with E-state index in [2.05, 4.69) is 20.4 Å². The fraction of sp³-hybridized carbons (Fsp3) is 0.421. The summed E-state index contributed by atoms with van der Waals surface area (Å²) >= 11 is 0. The van der Waals surface area contributed by atoms with Gasteiger partial charge in [-0.2, -0.15) is 8.78 Å². The summed E-state index contributed by atoms with van der Waals surface area (Å²) in [6.45, 7) is -1.13. The molecule has 2 rings (SSSR count). The first-order chi connectivity index (χ1) is 13.6.